The van der Waals surface area contributed by atoms with Gasteiger partial charge in [0.1, 0.15) is 6.04 Å². The number of hydrazine groups is 1. The summed E-state index contributed by atoms with van der Waals surface area (Å²) in [7, 11) is 0. The summed E-state index contributed by atoms with van der Waals surface area (Å²) in [6, 6.07) is -0.741. The Morgan fingerprint density at radius 1 is 1.67 bits per heavy atom. The molecule has 4 heteroatoms. The smallest absolute Gasteiger partial charge is 0.326 e. The molecule has 12 heavy (non-hydrogen) atoms. The molecular weight excluding hydrogens is 156 g/mol. The minimum atomic E-state index is -0.931. The van der Waals surface area contributed by atoms with Crippen LogP contribution >= 0.6 is 0 Å². The molecule has 0 radical (unpaired) electrons. The molecule has 0 saturated carbocycles. The number of aliphatic carboxylic acids is 1. The summed E-state index contributed by atoms with van der Waals surface area (Å²) >= 11 is 0. The van der Waals surface area contributed by atoms with Gasteiger partial charge in [0.25, 0.3) is 0 Å². The lowest BCUT2D eigenvalue weighted by molar-refractivity contribution is -0.138. The number of carboxylic acid groups (broad SMARTS) is 1. The third kappa shape index (κ3) is 1.93. The summed E-state index contributed by atoms with van der Waals surface area (Å²) in [5.41, 5.74) is 3.10. The molecule has 1 aliphatic rings. The van der Waals surface area contributed by atoms with E-state index in [0.717, 1.165) is 12.0 Å². The Labute approximate surface area is 70.7 Å². The zero-order valence-electron chi connectivity index (χ0n) is 6.66. The molecule has 1 aliphatic carbocycles. The quantitative estimate of drug-likeness (QED) is 0.319. The van der Waals surface area contributed by atoms with E-state index in [1.54, 1.807) is 0 Å². The minimum Gasteiger partial charge on any atom is -0.480 e. The van der Waals surface area contributed by atoms with E-state index in [2.05, 4.69) is 5.43 Å². The molecule has 4 nitrogen and oxygen atoms in total. The maximum atomic E-state index is 10.6. The summed E-state index contributed by atoms with van der Waals surface area (Å²) < 4.78 is 0. The molecule has 4 N–H and O–H groups in total. The summed E-state index contributed by atoms with van der Waals surface area (Å²) in [5, 5.41) is 8.72. The van der Waals surface area contributed by atoms with Gasteiger partial charge in [0.2, 0.25) is 0 Å². The molecule has 0 saturated heterocycles. The molecule has 0 bridgehead atoms. The lowest BCUT2D eigenvalue weighted by Gasteiger charge is -2.15. The normalized spacial score (nSPS) is 18.6. The van der Waals surface area contributed by atoms with E-state index in [-0.39, 0.29) is 0 Å². The summed E-state index contributed by atoms with van der Waals surface area (Å²) in [5.74, 6) is 4.18. The molecule has 0 amide bonds. The number of hydrogen-bond donors (Lipinski definition) is 3. The Bertz CT molecular complexity index is 233. The topological polar surface area (TPSA) is 75.3 Å². The van der Waals surface area contributed by atoms with Crippen LogP contribution in [0, 0.1) is 0 Å². The average Bonchev–Trinajstić information content (AvgIpc) is 2.07. The lowest BCUT2D eigenvalue weighted by Crippen LogP contribution is -2.42. The van der Waals surface area contributed by atoms with E-state index in [4.69, 9.17) is 10.9 Å². The number of nitrogens with one attached hydrogen (secondary N) is 1. The number of nitrogens with two attached hydrogens (primary N) is 1. The fourth-order valence-corrected chi connectivity index (χ4v) is 1.19. The molecule has 0 unspecified atom stereocenters. The largest absolute Gasteiger partial charge is 0.480 e. The van der Waals surface area contributed by atoms with Crippen molar-refractivity contribution < 1.29 is 9.90 Å². The monoisotopic (exact) mass is 168 g/mol. The maximum absolute atomic E-state index is 10.6. The van der Waals surface area contributed by atoms with Crippen LogP contribution in [0.2, 0.25) is 0 Å². The third-order valence-corrected chi connectivity index (χ3v) is 1.82. The number of carboxylic acids is 1. The highest BCUT2D eigenvalue weighted by atomic mass is 16.4. The van der Waals surface area contributed by atoms with Crippen molar-refractivity contribution in [1.82, 2.24) is 5.43 Å². The molecule has 1 atom stereocenters. The average molecular weight is 168 g/mol. The van der Waals surface area contributed by atoms with Gasteiger partial charge in [-0.1, -0.05) is 18.2 Å². The van der Waals surface area contributed by atoms with Gasteiger partial charge in [0.15, 0.2) is 0 Å². The van der Waals surface area contributed by atoms with Crippen molar-refractivity contribution in [2.75, 3.05) is 0 Å². The van der Waals surface area contributed by atoms with Crippen molar-refractivity contribution in [3.8, 4) is 0 Å². The van der Waals surface area contributed by atoms with Gasteiger partial charge >= 0.3 is 5.97 Å². The number of carbonyl (C=O) groups is 1. The Balaban J connectivity index is 2.65. The second-order valence-corrected chi connectivity index (χ2v) is 2.63. The van der Waals surface area contributed by atoms with Crippen LogP contribution in [0.25, 0.3) is 0 Å². The predicted molar refractivity (Wildman–Crippen MR) is 45.2 cm³/mol. The van der Waals surface area contributed by atoms with E-state index in [0.29, 0.717) is 6.42 Å². The first-order valence-electron chi connectivity index (χ1n) is 3.78. The number of rotatable bonds is 3. The standard InChI is InChI=1S/C8H12N2O2/c9-10-7(8(11)12)6-4-2-1-3-5-6/h1-2,5,7,10H,3-4,9H2,(H,11,12)/t7-/m1/s1. The van der Waals surface area contributed by atoms with Crippen LogP contribution in [0.3, 0.4) is 0 Å². The predicted octanol–water partition coefficient (Wildman–Crippen LogP) is 0.179. The first kappa shape index (κ1) is 8.96. The van der Waals surface area contributed by atoms with Crippen molar-refractivity contribution in [3.63, 3.8) is 0 Å². The molecule has 66 valence electrons. The highest BCUT2D eigenvalue weighted by Gasteiger charge is 2.19. The molecule has 0 fully saturated rings. The van der Waals surface area contributed by atoms with E-state index >= 15 is 0 Å². The van der Waals surface area contributed by atoms with Crippen molar-refractivity contribution in [2.24, 2.45) is 5.84 Å². The van der Waals surface area contributed by atoms with Crippen LogP contribution < -0.4 is 11.3 Å². The lowest BCUT2D eigenvalue weighted by atomic mass is 9.99. The minimum absolute atomic E-state index is 0.668. The molecule has 0 aromatic carbocycles. The van der Waals surface area contributed by atoms with Crippen molar-refractivity contribution in [1.29, 1.82) is 0 Å². The van der Waals surface area contributed by atoms with E-state index < -0.39 is 12.0 Å². The van der Waals surface area contributed by atoms with E-state index in [9.17, 15) is 4.79 Å². The second-order valence-electron chi connectivity index (χ2n) is 2.63. The van der Waals surface area contributed by atoms with Gasteiger partial charge in [0, 0.05) is 0 Å². The fraction of sp³-hybridized carbons (Fsp3) is 0.375. The summed E-state index contributed by atoms with van der Waals surface area (Å²) in [6.45, 7) is 0. The molecule has 1 rings (SSSR count). The molecular formula is C8H12N2O2. The van der Waals surface area contributed by atoms with Crippen LogP contribution in [0.5, 0.6) is 0 Å². The van der Waals surface area contributed by atoms with Gasteiger partial charge in [0.05, 0.1) is 0 Å². The third-order valence-electron chi connectivity index (χ3n) is 1.82. The summed E-state index contributed by atoms with van der Waals surface area (Å²) in [6.07, 6.45) is 7.29. The SMILES string of the molecule is NN[C@@H](C(=O)O)C1=CCC=CC1. The Hall–Kier alpha value is -1.13. The van der Waals surface area contributed by atoms with Gasteiger partial charge in [-0.2, -0.15) is 0 Å². The van der Waals surface area contributed by atoms with E-state index in [1.165, 1.54) is 0 Å². The Morgan fingerprint density at radius 3 is 2.83 bits per heavy atom. The van der Waals surface area contributed by atoms with Gasteiger partial charge in [-0.25, -0.2) is 5.43 Å². The molecule has 0 aromatic rings. The van der Waals surface area contributed by atoms with Crippen LogP contribution in [0.1, 0.15) is 12.8 Å². The van der Waals surface area contributed by atoms with Gasteiger partial charge < -0.3 is 5.11 Å². The van der Waals surface area contributed by atoms with Crippen LogP contribution in [0.15, 0.2) is 23.8 Å². The molecule has 0 spiro atoms. The number of hydrogen-bond acceptors (Lipinski definition) is 3. The number of allylic oxidation sites excluding steroid dienone is 3. The van der Waals surface area contributed by atoms with E-state index in [1.807, 2.05) is 18.2 Å². The summed E-state index contributed by atoms with van der Waals surface area (Å²) in [4.78, 5) is 10.6. The first-order valence-corrected chi connectivity index (χ1v) is 3.78. The Kier molecular flexibility index (Phi) is 3.01. The zero-order valence-corrected chi connectivity index (χ0v) is 6.66. The highest BCUT2D eigenvalue weighted by molar-refractivity contribution is 5.77. The maximum Gasteiger partial charge on any atom is 0.326 e. The second kappa shape index (κ2) is 4.04. The van der Waals surface area contributed by atoms with Crippen molar-refractivity contribution in [2.45, 2.75) is 18.9 Å². The van der Waals surface area contributed by atoms with Crippen molar-refractivity contribution in [3.05, 3.63) is 23.8 Å². The molecule has 0 aliphatic heterocycles. The van der Waals surface area contributed by atoms with Gasteiger partial charge in [-0.3, -0.25) is 10.6 Å². The molecule has 0 aromatic heterocycles. The zero-order chi connectivity index (χ0) is 8.97. The fourth-order valence-electron chi connectivity index (χ4n) is 1.19. The van der Waals surface area contributed by atoms with Crippen LogP contribution in [-0.2, 0) is 4.79 Å². The van der Waals surface area contributed by atoms with Crippen molar-refractivity contribution >= 4 is 5.97 Å². The van der Waals surface area contributed by atoms with Gasteiger partial charge in [-0.15, -0.1) is 0 Å². The Morgan fingerprint density at radius 2 is 2.42 bits per heavy atom. The van der Waals surface area contributed by atoms with Crippen LogP contribution in [-0.4, -0.2) is 17.1 Å². The van der Waals surface area contributed by atoms with Crippen LogP contribution in [0.4, 0.5) is 0 Å². The first-order chi connectivity index (χ1) is 5.75. The molecule has 0 heterocycles. The highest BCUT2D eigenvalue weighted by Crippen LogP contribution is 2.14. The van der Waals surface area contributed by atoms with Gasteiger partial charge in [-0.05, 0) is 18.4 Å².